The van der Waals surface area contributed by atoms with Crippen LogP contribution in [-0.2, 0) is 14.4 Å². The fourth-order valence-corrected chi connectivity index (χ4v) is 2.93. The van der Waals surface area contributed by atoms with Crippen molar-refractivity contribution in [3.63, 3.8) is 0 Å². The first-order valence-corrected chi connectivity index (χ1v) is 6.91. The lowest BCUT2D eigenvalue weighted by Gasteiger charge is -2.24. The van der Waals surface area contributed by atoms with Crippen LogP contribution in [0.5, 0.6) is 0 Å². The molecular formula is C13H19FN2O4. The van der Waals surface area contributed by atoms with Crippen LogP contribution >= 0.6 is 0 Å². The molecule has 0 aromatic heterocycles. The van der Waals surface area contributed by atoms with E-state index in [0.717, 1.165) is 25.7 Å². The number of hydrogen-bond acceptors (Lipinski definition) is 3. The van der Waals surface area contributed by atoms with Crippen molar-refractivity contribution in [3.05, 3.63) is 0 Å². The summed E-state index contributed by atoms with van der Waals surface area (Å²) in [5.41, 5.74) is 0. The predicted molar refractivity (Wildman–Crippen MR) is 67.6 cm³/mol. The van der Waals surface area contributed by atoms with Crippen molar-refractivity contribution < 1.29 is 23.9 Å². The maximum atomic E-state index is 12.5. The molecule has 1 saturated carbocycles. The standard InChI is InChI=1S/C13H19FN2O4/c14-6-10(13(19)20)15-12(18)8-5-11(17)16(7-8)9-3-1-2-4-9/h8-10H,1-7H2,(H,15,18)(H,19,20). The minimum Gasteiger partial charge on any atom is -0.480 e. The van der Waals surface area contributed by atoms with E-state index in [2.05, 4.69) is 5.32 Å². The Morgan fingerprint density at radius 2 is 2.05 bits per heavy atom. The Morgan fingerprint density at radius 1 is 1.40 bits per heavy atom. The maximum absolute atomic E-state index is 12.5. The van der Waals surface area contributed by atoms with E-state index in [1.54, 1.807) is 4.90 Å². The Balaban J connectivity index is 1.92. The number of halogens is 1. The summed E-state index contributed by atoms with van der Waals surface area (Å²) in [5, 5.41) is 10.9. The lowest BCUT2D eigenvalue weighted by atomic mass is 10.1. The Morgan fingerprint density at radius 3 is 2.60 bits per heavy atom. The lowest BCUT2D eigenvalue weighted by molar-refractivity contribution is -0.142. The van der Waals surface area contributed by atoms with Crippen molar-refractivity contribution in [2.75, 3.05) is 13.2 Å². The number of aliphatic carboxylic acids is 1. The van der Waals surface area contributed by atoms with Crippen molar-refractivity contribution in [1.82, 2.24) is 10.2 Å². The second-order valence-corrected chi connectivity index (χ2v) is 5.44. The highest BCUT2D eigenvalue weighted by Gasteiger charge is 2.39. The van der Waals surface area contributed by atoms with Crippen molar-refractivity contribution in [3.8, 4) is 0 Å². The Labute approximate surface area is 116 Å². The number of carbonyl (C=O) groups excluding carboxylic acids is 2. The van der Waals surface area contributed by atoms with Crippen LogP contribution in [0.2, 0.25) is 0 Å². The molecule has 0 aromatic rings. The number of carboxylic acid groups (broad SMARTS) is 1. The van der Waals surface area contributed by atoms with Gasteiger partial charge >= 0.3 is 5.97 Å². The second kappa shape index (κ2) is 6.19. The average molecular weight is 286 g/mol. The third-order valence-corrected chi connectivity index (χ3v) is 4.06. The van der Waals surface area contributed by atoms with Crippen LogP contribution in [0.1, 0.15) is 32.1 Å². The molecule has 1 heterocycles. The first kappa shape index (κ1) is 14.7. The van der Waals surface area contributed by atoms with Gasteiger partial charge in [0.25, 0.3) is 0 Å². The highest BCUT2D eigenvalue weighted by molar-refractivity contribution is 5.91. The van der Waals surface area contributed by atoms with Crippen LogP contribution in [-0.4, -0.2) is 53.1 Å². The van der Waals surface area contributed by atoms with E-state index < -0.39 is 30.5 Å². The van der Waals surface area contributed by atoms with Crippen molar-refractivity contribution in [2.45, 2.75) is 44.2 Å². The van der Waals surface area contributed by atoms with Gasteiger partial charge in [-0.15, -0.1) is 0 Å². The molecule has 1 saturated heterocycles. The van der Waals surface area contributed by atoms with Gasteiger partial charge < -0.3 is 15.3 Å². The molecule has 0 radical (unpaired) electrons. The van der Waals surface area contributed by atoms with E-state index in [1.165, 1.54) is 0 Å². The van der Waals surface area contributed by atoms with Gasteiger partial charge in [0.15, 0.2) is 6.04 Å². The fourth-order valence-electron chi connectivity index (χ4n) is 2.93. The normalized spacial score (nSPS) is 24.9. The summed E-state index contributed by atoms with van der Waals surface area (Å²) in [7, 11) is 0. The predicted octanol–water partition coefficient (Wildman–Crippen LogP) is 0.316. The van der Waals surface area contributed by atoms with E-state index in [1.807, 2.05) is 0 Å². The van der Waals surface area contributed by atoms with E-state index in [4.69, 9.17) is 5.11 Å². The molecule has 1 aliphatic heterocycles. The second-order valence-electron chi connectivity index (χ2n) is 5.44. The highest BCUT2D eigenvalue weighted by Crippen LogP contribution is 2.29. The SMILES string of the molecule is O=C(NC(CF)C(=O)O)C1CC(=O)N(C2CCCC2)C1. The molecule has 112 valence electrons. The van der Waals surface area contributed by atoms with Gasteiger partial charge in [-0.25, -0.2) is 9.18 Å². The molecule has 2 rings (SSSR count). The lowest BCUT2D eigenvalue weighted by Crippen LogP contribution is -2.45. The molecule has 2 aliphatic rings. The molecule has 20 heavy (non-hydrogen) atoms. The van der Waals surface area contributed by atoms with Crippen LogP contribution in [0.15, 0.2) is 0 Å². The Kier molecular flexibility index (Phi) is 4.57. The van der Waals surface area contributed by atoms with Crippen LogP contribution in [0.4, 0.5) is 4.39 Å². The van der Waals surface area contributed by atoms with Gasteiger partial charge in [0.1, 0.15) is 6.67 Å². The molecule has 0 aromatic carbocycles. The Hall–Kier alpha value is -1.66. The summed E-state index contributed by atoms with van der Waals surface area (Å²) >= 11 is 0. The highest BCUT2D eigenvalue weighted by atomic mass is 19.1. The number of amides is 2. The summed E-state index contributed by atoms with van der Waals surface area (Å²) in [6.07, 6.45) is 4.19. The number of rotatable bonds is 5. The van der Waals surface area contributed by atoms with Crippen LogP contribution in [0.25, 0.3) is 0 Å². The van der Waals surface area contributed by atoms with E-state index >= 15 is 0 Å². The van der Waals surface area contributed by atoms with Crippen LogP contribution < -0.4 is 5.32 Å². The minimum absolute atomic E-state index is 0.0656. The summed E-state index contributed by atoms with van der Waals surface area (Å²) in [6.45, 7) is -0.845. The fraction of sp³-hybridized carbons (Fsp3) is 0.769. The first-order valence-electron chi connectivity index (χ1n) is 6.91. The van der Waals surface area contributed by atoms with Crippen molar-refractivity contribution in [1.29, 1.82) is 0 Å². The van der Waals surface area contributed by atoms with Gasteiger partial charge in [-0.2, -0.15) is 0 Å². The minimum atomic E-state index is -1.53. The van der Waals surface area contributed by atoms with Crippen molar-refractivity contribution >= 4 is 17.8 Å². The smallest absolute Gasteiger partial charge is 0.328 e. The molecular weight excluding hydrogens is 267 g/mol. The van der Waals surface area contributed by atoms with E-state index in [9.17, 15) is 18.8 Å². The molecule has 0 bridgehead atoms. The number of carbonyl (C=O) groups is 3. The van der Waals surface area contributed by atoms with Crippen LogP contribution in [0.3, 0.4) is 0 Å². The summed E-state index contributed by atoms with van der Waals surface area (Å²) in [5.74, 6) is -2.60. The maximum Gasteiger partial charge on any atom is 0.328 e. The summed E-state index contributed by atoms with van der Waals surface area (Å²) in [6, 6.07) is -1.32. The third kappa shape index (κ3) is 3.08. The molecule has 1 aliphatic carbocycles. The number of nitrogens with one attached hydrogen (secondary N) is 1. The van der Waals surface area contributed by atoms with Crippen molar-refractivity contribution in [2.24, 2.45) is 5.92 Å². The van der Waals surface area contributed by atoms with Gasteiger partial charge in [-0.05, 0) is 12.8 Å². The van der Waals surface area contributed by atoms with E-state index in [0.29, 0.717) is 6.54 Å². The van der Waals surface area contributed by atoms with Gasteiger partial charge in [-0.1, -0.05) is 12.8 Å². The monoisotopic (exact) mass is 286 g/mol. The largest absolute Gasteiger partial charge is 0.480 e. The number of carboxylic acids is 1. The molecule has 2 atom stereocenters. The van der Waals surface area contributed by atoms with Gasteiger partial charge in [0.2, 0.25) is 11.8 Å². The molecule has 0 spiro atoms. The summed E-state index contributed by atoms with van der Waals surface area (Å²) in [4.78, 5) is 36.2. The van der Waals surface area contributed by atoms with E-state index in [-0.39, 0.29) is 18.4 Å². The van der Waals surface area contributed by atoms with Gasteiger partial charge in [0.05, 0.1) is 5.92 Å². The zero-order valence-electron chi connectivity index (χ0n) is 11.2. The average Bonchev–Trinajstić information content (AvgIpc) is 3.03. The number of nitrogens with zero attached hydrogens (tertiary/aromatic N) is 1. The third-order valence-electron chi connectivity index (χ3n) is 4.06. The zero-order valence-corrected chi connectivity index (χ0v) is 11.2. The molecule has 2 amide bonds. The summed E-state index contributed by atoms with van der Waals surface area (Å²) < 4.78 is 12.5. The quantitative estimate of drug-likeness (QED) is 0.762. The molecule has 2 N–H and O–H groups in total. The molecule has 2 unspecified atom stereocenters. The van der Waals surface area contributed by atoms with Gasteiger partial charge in [0, 0.05) is 19.0 Å². The Bertz CT molecular complexity index is 409. The number of likely N-dealkylation sites (tertiary alicyclic amines) is 1. The number of hydrogen-bond donors (Lipinski definition) is 2. The topological polar surface area (TPSA) is 86.7 Å². The molecule has 7 heteroatoms. The molecule has 2 fully saturated rings. The zero-order chi connectivity index (χ0) is 14.7. The van der Waals surface area contributed by atoms with Gasteiger partial charge in [-0.3, -0.25) is 9.59 Å². The first-order chi connectivity index (χ1) is 9.52. The molecule has 6 nitrogen and oxygen atoms in total. The van der Waals surface area contributed by atoms with Crippen LogP contribution in [0, 0.1) is 5.92 Å². The number of alkyl halides is 1.